The summed E-state index contributed by atoms with van der Waals surface area (Å²) < 4.78 is 26.4. The quantitative estimate of drug-likeness (QED) is 0.612. The predicted molar refractivity (Wildman–Crippen MR) is 109 cm³/mol. The Morgan fingerprint density at radius 1 is 1.07 bits per heavy atom. The number of carbonyl (C=O) groups excluding carboxylic acids is 2. The Kier molecular flexibility index (Phi) is 7.35. The number of Topliss-reactive ketones (excluding diaryl/α,β-unsaturated/α-hetero) is 1. The van der Waals surface area contributed by atoms with Crippen molar-refractivity contribution in [2.45, 2.75) is 25.3 Å². The smallest absolute Gasteiger partial charge is 0.243 e. The topological polar surface area (TPSA) is 74.8 Å². The van der Waals surface area contributed by atoms with E-state index in [2.05, 4.69) is 0 Å². The number of amides is 1. The number of likely N-dealkylation sites (N-methyl/N-ethyl adjacent to an activating group) is 2. The lowest BCUT2D eigenvalue weighted by Gasteiger charge is -2.24. The van der Waals surface area contributed by atoms with Gasteiger partial charge in [-0.2, -0.15) is 4.31 Å². The third-order valence-electron chi connectivity index (χ3n) is 4.32. The molecule has 150 valence electrons. The minimum atomic E-state index is -3.84. The maximum atomic E-state index is 12.7. The molecule has 2 rings (SSSR count). The van der Waals surface area contributed by atoms with E-state index in [1.54, 1.807) is 23.1 Å². The van der Waals surface area contributed by atoms with Crippen LogP contribution in [0.4, 0.5) is 0 Å². The number of hydrogen-bond acceptors (Lipinski definition) is 4. The summed E-state index contributed by atoms with van der Waals surface area (Å²) in [5.41, 5.74) is 1.30. The number of nitrogens with zero attached hydrogens (tertiary/aromatic N) is 2. The van der Waals surface area contributed by atoms with Crippen LogP contribution in [0.25, 0.3) is 0 Å². The van der Waals surface area contributed by atoms with Gasteiger partial charge in [0.2, 0.25) is 15.9 Å². The number of carbonyl (C=O) groups is 2. The van der Waals surface area contributed by atoms with Gasteiger partial charge in [-0.25, -0.2) is 8.42 Å². The summed E-state index contributed by atoms with van der Waals surface area (Å²) in [6, 6.07) is 12.9. The first-order valence-electron chi connectivity index (χ1n) is 8.74. The normalized spacial score (nSPS) is 11.5. The van der Waals surface area contributed by atoms with Crippen LogP contribution in [0.1, 0.15) is 29.8 Å². The van der Waals surface area contributed by atoms with E-state index < -0.39 is 10.0 Å². The zero-order chi connectivity index (χ0) is 20.9. The summed E-state index contributed by atoms with van der Waals surface area (Å²) in [4.78, 5) is 25.6. The van der Waals surface area contributed by atoms with Gasteiger partial charge in [-0.15, -0.1) is 0 Å². The van der Waals surface area contributed by atoms with E-state index in [0.717, 1.165) is 9.87 Å². The first kappa shape index (κ1) is 22.1. The number of ketones is 1. The first-order valence-corrected chi connectivity index (χ1v) is 10.6. The highest BCUT2D eigenvalue weighted by Crippen LogP contribution is 2.17. The van der Waals surface area contributed by atoms with E-state index in [9.17, 15) is 18.0 Å². The zero-order valence-corrected chi connectivity index (χ0v) is 17.6. The lowest BCUT2D eigenvalue weighted by Crippen LogP contribution is -2.40. The summed E-state index contributed by atoms with van der Waals surface area (Å²) in [6.45, 7) is 3.74. The Balaban J connectivity index is 2.11. The Labute approximate surface area is 170 Å². The Morgan fingerprint density at radius 3 is 2.25 bits per heavy atom. The van der Waals surface area contributed by atoms with E-state index >= 15 is 0 Å². The van der Waals surface area contributed by atoms with E-state index in [-0.39, 0.29) is 23.1 Å². The molecule has 0 unspecified atom stereocenters. The van der Waals surface area contributed by atoms with Crippen molar-refractivity contribution in [3.05, 3.63) is 64.7 Å². The minimum Gasteiger partial charge on any atom is -0.338 e. The molecule has 1 amide bonds. The first-order chi connectivity index (χ1) is 13.1. The minimum absolute atomic E-state index is 0.0330. The largest absolute Gasteiger partial charge is 0.338 e. The van der Waals surface area contributed by atoms with Gasteiger partial charge >= 0.3 is 0 Å². The second-order valence-electron chi connectivity index (χ2n) is 6.38. The second-order valence-corrected chi connectivity index (χ2v) is 8.86. The van der Waals surface area contributed by atoms with Gasteiger partial charge in [0, 0.05) is 30.7 Å². The highest BCUT2D eigenvalue weighted by Gasteiger charge is 2.25. The van der Waals surface area contributed by atoms with Crippen LogP contribution in [0.5, 0.6) is 0 Å². The molecule has 0 aliphatic heterocycles. The number of sulfonamides is 1. The van der Waals surface area contributed by atoms with Crippen LogP contribution < -0.4 is 0 Å². The van der Waals surface area contributed by atoms with Crippen molar-refractivity contribution < 1.29 is 18.0 Å². The Hall–Kier alpha value is -2.22. The van der Waals surface area contributed by atoms with Crippen molar-refractivity contribution in [3.8, 4) is 0 Å². The monoisotopic (exact) mass is 422 g/mol. The van der Waals surface area contributed by atoms with Crippen molar-refractivity contribution >= 4 is 33.3 Å². The van der Waals surface area contributed by atoms with Crippen molar-refractivity contribution in [1.29, 1.82) is 0 Å². The Morgan fingerprint density at radius 2 is 1.71 bits per heavy atom. The summed E-state index contributed by atoms with van der Waals surface area (Å²) in [5, 5.41) is 0.578. The molecule has 0 aromatic heterocycles. The van der Waals surface area contributed by atoms with Crippen molar-refractivity contribution in [1.82, 2.24) is 9.21 Å². The maximum Gasteiger partial charge on any atom is 0.243 e. The summed E-state index contributed by atoms with van der Waals surface area (Å²) in [6.07, 6.45) is 0. The van der Waals surface area contributed by atoms with Crippen LogP contribution in [0.3, 0.4) is 0 Å². The van der Waals surface area contributed by atoms with Crippen molar-refractivity contribution in [2.75, 3.05) is 20.1 Å². The Bertz CT molecular complexity index is 958. The molecule has 0 aliphatic carbocycles. The van der Waals surface area contributed by atoms with Gasteiger partial charge in [0.1, 0.15) is 0 Å². The van der Waals surface area contributed by atoms with Crippen LogP contribution in [0.2, 0.25) is 5.02 Å². The summed E-state index contributed by atoms with van der Waals surface area (Å²) in [7, 11) is -2.48. The molecule has 0 fully saturated rings. The van der Waals surface area contributed by atoms with Gasteiger partial charge < -0.3 is 4.90 Å². The highest BCUT2D eigenvalue weighted by atomic mass is 35.5. The molecule has 0 bridgehead atoms. The van der Waals surface area contributed by atoms with Crippen LogP contribution in [-0.4, -0.2) is 49.5 Å². The number of rotatable bonds is 8. The molecular formula is C20H23ClN2O4S. The highest BCUT2D eigenvalue weighted by molar-refractivity contribution is 7.89. The van der Waals surface area contributed by atoms with Gasteiger partial charge in [-0.3, -0.25) is 9.59 Å². The van der Waals surface area contributed by atoms with Gasteiger partial charge in [0.05, 0.1) is 11.4 Å². The fourth-order valence-corrected chi connectivity index (χ4v) is 3.98. The third-order valence-corrected chi connectivity index (χ3v) is 6.38. The number of halogens is 1. The molecule has 0 saturated carbocycles. The standard InChI is InChI=1S/C20H23ClN2O4S/c1-4-23(13-16-6-5-7-18(21)12-16)20(25)14-22(3)28(26,27)19-10-8-17(9-11-19)15(2)24/h5-12H,4,13-14H2,1-3H3. The molecule has 2 aromatic carbocycles. The molecule has 0 saturated heterocycles. The maximum absolute atomic E-state index is 12.7. The van der Waals surface area contributed by atoms with Crippen LogP contribution in [0, 0.1) is 0 Å². The second kappa shape index (κ2) is 9.32. The van der Waals surface area contributed by atoms with Gasteiger partial charge in [0.15, 0.2) is 5.78 Å². The molecule has 0 radical (unpaired) electrons. The average Bonchev–Trinajstić information content (AvgIpc) is 2.66. The molecule has 0 spiro atoms. The van der Waals surface area contributed by atoms with Crippen molar-refractivity contribution in [2.24, 2.45) is 0 Å². The zero-order valence-electron chi connectivity index (χ0n) is 16.1. The number of hydrogen-bond donors (Lipinski definition) is 0. The van der Waals surface area contributed by atoms with Crippen LogP contribution in [-0.2, 0) is 21.4 Å². The lowest BCUT2D eigenvalue weighted by atomic mass is 10.2. The third kappa shape index (κ3) is 5.41. The van der Waals surface area contributed by atoms with Gasteiger partial charge in [0.25, 0.3) is 0 Å². The summed E-state index contributed by atoms with van der Waals surface area (Å²) in [5.74, 6) is -0.457. The van der Waals surface area contributed by atoms with E-state index in [1.165, 1.54) is 38.2 Å². The van der Waals surface area contributed by atoms with Crippen molar-refractivity contribution in [3.63, 3.8) is 0 Å². The lowest BCUT2D eigenvalue weighted by molar-refractivity contribution is -0.131. The molecule has 0 heterocycles. The molecule has 0 atom stereocenters. The van der Waals surface area contributed by atoms with E-state index in [4.69, 9.17) is 11.6 Å². The van der Waals surface area contributed by atoms with Gasteiger partial charge in [-0.1, -0.05) is 35.9 Å². The molecule has 0 N–H and O–H groups in total. The SMILES string of the molecule is CCN(Cc1cccc(Cl)c1)C(=O)CN(C)S(=O)(=O)c1ccc(C(C)=O)cc1. The van der Waals surface area contributed by atoms with E-state index in [0.29, 0.717) is 23.7 Å². The fraction of sp³-hybridized carbons (Fsp3) is 0.300. The average molecular weight is 423 g/mol. The van der Waals surface area contributed by atoms with Crippen LogP contribution in [0.15, 0.2) is 53.4 Å². The van der Waals surface area contributed by atoms with E-state index in [1.807, 2.05) is 13.0 Å². The molecule has 8 heteroatoms. The molecule has 6 nitrogen and oxygen atoms in total. The fourth-order valence-electron chi connectivity index (χ4n) is 2.65. The predicted octanol–water partition coefficient (Wildman–Crippen LogP) is 3.21. The van der Waals surface area contributed by atoms with Gasteiger partial charge in [-0.05, 0) is 43.7 Å². The summed E-state index contributed by atoms with van der Waals surface area (Å²) >= 11 is 5.98. The molecular weight excluding hydrogens is 400 g/mol. The molecule has 0 aliphatic rings. The number of benzene rings is 2. The van der Waals surface area contributed by atoms with Crippen LogP contribution >= 0.6 is 11.6 Å². The molecule has 28 heavy (non-hydrogen) atoms. The molecule has 2 aromatic rings.